The number of aldehydes is 1. The standard InChI is InChI=1S/C23H28ClO2P.C15H30O.C5H12.CH4F2NP/c1-6-7-8-17-12-18(14-25)26-22(17)19(23(3,4)5)11-15(2)16-9-10-20(24)21(27)13-16;1-7-9-13(11-15(4,5)6)10-14(16)12(3)8-2;1-4-5(2)3;2-1(3,4)5/h8-14H,6-7,27H2,1-5H3;12-13H,7-11H2,1-6H3;5H,4H2,1-3H3;4-5H2/b15-11+,17-8+,22-19-;;;. The minimum atomic E-state index is -3.08. The molecular weight excluding hydrogens is 726 g/mol. The minimum Gasteiger partial charge on any atom is -0.453 e. The number of hydrogen-bond acceptors (Lipinski definition) is 4. The zero-order valence-corrected chi connectivity index (χ0v) is 38.6. The predicted octanol–water partition coefficient (Wildman–Crippen LogP) is 12.4. The Morgan fingerprint density at radius 3 is 1.92 bits per heavy atom. The fourth-order valence-corrected chi connectivity index (χ4v) is 5.51. The number of Topliss-reactive ketones (excluding diaryl/α,β-unsaturated/α-hetero) is 1. The Balaban J connectivity index is 0. The van der Waals surface area contributed by atoms with Gasteiger partial charge in [0.25, 0.3) is 0 Å². The molecule has 0 saturated carbocycles. The number of ketones is 1. The van der Waals surface area contributed by atoms with Crippen LogP contribution in [0, 0.1) is 28.6 Å². The highest BCUT2D eigenvalue weighted by Gasteiger charge is 2.23. The third kappa shape index (κ3) is 25.9. The highest BCUT2D eigenvalue weighted by molar-refractivity contribution is 7.28. The number of nitrogens with two attached hydrogens (primary N) is 1. The van der Waals surface area contributed by atoms with Crippen LogP contribution in [0.2, 0.25) is 5.02 Å². The minimum absolute atomic E-state index is 0.149. The van der Waals surface area contributed by atoms with Crippen molar-refractivity contribution in [2.75, 3.05) is 0 Å². The molecule has 1 aromatic carbocycles. The SMILES string of the molecule is CCC(C)C.CCCC(CC(=O)C(C)CC)CC(C)(C)C.CCC\C=c1/cc(C=O)o/c1=C(/C=C(\C)c1ccc(Cl)c(P)c1)C(C)(C)C.NC(F)(F)P. The van der Waals surface area contributed by atoms with Gasteiger partial charge >= 0.3 is 5.79 Å². The molecule has 4 nitrogen and oxygen atoms in total. The number of hydrogen-bond donors (Lipinski definition) is 1. The van der Waals surface area contributed by atoms with Gasteiger partial charge in [0.2, 0.25) is 0 Å². The number of halogens is 3. The first kappa shape index (κ1) is 53.4. The zero-order valence-electron chi connectivity index (χ0n) is 35.5. The summed E-state index contributed by atoms with van der Waals surface area (Å²) in [4.78, 5) is 23.2. The Kier molecular flexibility index (Phi) is 26.4. The molecule has 0 saturated heterocycles. The van der Waals surface area contributed by atoms with Crippen LogP contribution in [0.4, 0.5) is 8.78 Å². The Labute approximate surface area is 332 Å². The van der Waals surface area contributed by atoms with Crippen molar-refractivity contribution in [2.45, 2.75) is 154 Å². The van der Waals surface area contributed by atoms with Crippen molar-refractivity contribution >= 4 is 64.7 Å². The Morgan fingerprint density at radius 1 is 0.981 bits per heavy atom. The first-order chi connectivity index (χ1) is 24.2. The number of alkyl halides is 2. The van der Waals surface area contributed by atoms with Gasteiger partial charge in [-0.1, -0.05) is 146 Å². The van der Waals surface area contributed by atoms with Gasteiger partial charge in [0.05, 0.1) is 0 Å². The van der Waals surface area contributed by atoms with Gasteiger partial charge in [0, 0.05) is 28.2 Å². The molecule has 0 aliphatic carbocycles. The van der Waals surface area contributed by atoms with Gasteiger partial charge in [0.15, 0.2) is 12.0 Å². The van der Waals surface area contributed by atoms with Crippen molar-refractivity contribution in [3.63, 3.8) is 0 Å². The smallest absolute Gasteiger partial charge is 0.311 e. The number of carbonyl (C=O) groups excluding carboxylic acids is 2. The second-order valence-corrected chi connectivity index (χ2v) is 18.4. The molecule has 53 heavy (non-hydrogen) atoms. The topological polar surface area (TPSA) is 73.3 Å². The molecule has 304 valence electrons. The lowest BCUT2D eigenvalue weighted by Crippen LogP contribution is -2.27. The van der Waals surface area contributed by atoms with Crippen LogP contribution in [-0.2, 0) is 4.79 Å². The molecule has 2 rings (SSSR count). The van der Waals surface area contributed by atoms with Crippen LogP contribution in [0.3, 0.4) is 0 Å². The average Bonchev–Trinajstić information content (AvgIpc) is 3.44. The molecule has 0 bridgehead atoms. The molecule has 4 atom stereocenters. The van der Waals surface area contributed by atoms with E-state index in [1.165, 1.54) is 25.7 Å². The molecule has 2 N–H and O–H groups in total. The fourth-order valence-electron chi connectivity index (χ4n) is 5.12. The van der Waals surface area contributed by atoms with Gasteiger partial charge in [0.1, 0.15) is 11.2 Å². The zero-order chi connectivity index (χ0) is 41.7. The van der Waals surface area contributed by atoms with Gasteiger partial charge in [-0.25, -0.2) is 0 Å². The molecule has 1 aromatic heterocycles. The second-order valence-electron chi connectivity index (χ2n) is 16.6. The average molecular weight is 800 g/mol. The largest absolute Gasteiger partial charge is 0.453 e. The van der Waals surface area contributed by atoms with Gasteiger partial charge in [-0.05, 0) is 92.7 Å². The lowest BCUT2D eigenvalue weighted by Gasteiger charge is -2.26. The van der Waals surface area contributed by atoms with E-state index >= 15 is 0 Å². The van der Waals surface area contributed by atoms with Crippen molar-refractivity contribution in [1.82, 2.24) is 0 Å². The normalized spacial score (nSPS) is 14.2. The van der Waals surface area contributed by atoms with E-state index in [4.69, 9.17) is 16.0 Å². The molecule has 0 amide bonds. The molecule has 2 aromatic rings. The maximum atomic E-state index is 11.9. The number of carbonyl (C=O) groups is 2. The highest BCUT2D eigenvalue weighted by atomic mass is 35.5. The molecular formula is C44H74ClF2NO3P2. The van der Waals surface area contributed by atoms with Crippen molar-refractivity contribution in [3.05, 3.63) is 57.3 Å². The quantitative estimate of drug-likeness (QED) is 0.124. The van der Waals surface area contributed by atoms with Crippen molar-refractivity contribution in [2.24, 2.45) is 34.3 Å². The highest BCUT2D eigenvalue weighted by Crippen LogP contribution is 2.31. The first-order valence-corrected chi connectivity index (χ1v) is 20.8. The van der Waals surface area contributed by atoms with E-state index < -0.39 is 5.79 Å². The summed E-state index contributed by atoms with van der Waals surface area (Å²) in [6, 6.07) is 7.81. The van der Waals surface area contributed by atoms with E-state index in [-0.39, 0.29) is 11.3 Å². The van der Waals surface area contributed by atoms with E-state index in [0.29, 0.717) is 22.9 Å². The number of allylic oxidation sites excluding steroid dienone is 2. The molecule has 9 heteroatoms. The van der Waals surface area contributed by atoms with E-state index in [1.807, 2.05) is 18.2 Å². The van der Waals surface area contributed by atoms with Crippen LogP contribution < -0.4 is 21.7 Å². The van der Waals surface area contributed by atoms with E-state index in [1.54, 1.807) is 0 Å². The predicted molar refractivity (Wildman–Crippen MR) is 236 cm³/mol. The van der Waals surface area contributed by atoms with Gasteiger partial charge in [-0.3, -0.25) is 15.3 Å². The molecule has 4 unspecified atom stereocenters. The molecule has 1 heterocycles. The second kappa shape index (κ2) is 26.2. The van der Waals surface area contributed by atoms with Gasteiger partial charge < -0.3 is 4.42 Å². The number of rotatable bonds is 13. The lowest BCUT2D eigenvalue weighted by atomic mass is 9.79. The van der Waals surface area contributed by atoms with Crippen molar-refractivity contribution in [3.8, 4) is 0 Å². The summed E-state index contributed by atoms with van der Waals surface area (Å²) in [5.74, 6) is -0.537. The summed E-state index contributed by atoms with van der Waals surface area (Å²) in [5.41, 5.74) is 8.24. The van der Waals surface area contributed by atoms with E-state index in [2.05, 4.69) is 130 Å². The third-order valence-electron chi connectivity index (χ3n) is 8.48. The molecule has 0 spiro atoms. The lowest BCUT2D eigenvalue weighted by molar-refractivity contribution is -0.123. The number of benzene rings is 1. The maximum absolute atomic E-state index is 11.9. The molecule has 0 fully saturated rings. The van der Waals surface area contributed by atoms with Crippen LogP contribution in [0.15, 0.2) is 34.8 Å². The Hall–Kier alpha value is -1.71. The summed E-state index contributed by atoms with van der Waals surface area (Å²) in [6.07, 6.45) is 13.7. The van der Waals surface area contributed by atoms with Crippen LogP contribution in [-0.4, -0.2) is 17.9 Å². The van der Waals surface area contributed by atoms with Crippen LogP contribution in [0.25, 0.3) is 17.2 Å². The molecule has 0 radical (unpaired) electrons. The monoisotopic (exact) mass is 799 g/mol. The Bertz CT molecular complexity index is 1510. The summed E-state index contributed by atoms with van der Waals surface area (Å²) in [6.45, 7) is 30.5. The van der Waals surface area contributed by atoms with Crippen LogP contribution in [0.5, 0.6) is 0 Å². The first-order valence-electron chi connectivity index (χ1n) is 19.3. The van der Waals surface area contributed by atoms with Crippen LogP contribution in [0.1, 0.15) is 164 Å². The van der Waals surface area contributed by atoms with E-state index in [9.17, 15) is 18.4 Å². The van der Waals surface area contributed by atoms with Crippen molar-refractivity contribution in [1.29, 1.82) is 0 Å². The van der Waals surface area contributed by atoms with Gasteiger partial charge in [-0.15, -0.1) is 9.24 Å². The van der Waals surface area contributed by atoms with Crippen molar-refractivity contribution < 1.29 is 22.8 Å². The summed E-state index contributed by atoms with van der Waals surface area (Å²) in [7, 11) is 3.83. The molecule has 0 aliphatic rings. The fraction of sp³-hybridized carbons (Fsp3) is 0.636. The molecule has 0 aliphatic heterocycles. The summed E-state index contributed by atoms with van der Waals surface area (Å²) < 4.78 is 27.4. The number of unbranched alkanes of at least 4 members (excludes halogenated alkanes) is 1. The maximum Gasteiger partial charge on any atom is 0.311 e. The number of furan rings is 1. The van der Waals surface area contributed by atoms with Gasteiger partial charge in [-0.2, -0.15) is 8.78 Å². The Morgan fingerprint density at radius 2 is 1.53 bits per heavy atom. The third-order valence-corrected chi connectivity index (χ3v) is 9.48. The summed E-state index contributed by atoms with van der Waals surface area (Å²) in [5, 5.41) is 2.68. The summed E-state index contributed by atoms with van der Waals surface area (Å²) >= 11 is 6.15. The van der Waals surface area contributed by atoms with Crippen LogP contribution >= 0.6 is 30.1 Å². The van der Waals surface area contributed by atoms with E-state index in [0.717, 1.165) is 84.8 Å².